The smallest absolute Gasteiger partial charge is 0.253 e. The zero-order chi connectivity index (χ0) is 17.9. The first kappa shape index (κ1) is 18.2. The molecule has 1 unspecified atom stereocenters. The van der Waals surface area contributed by atoms with E-state index in [0.29, 0.717) is 24.1 Å². The van der Waals surface area contributed by atoms with Gasteiger partial charge in [-0.05, 0) is 38.7 Å². The van der Waals surface area contributed by atoms with Gasteiger partial charge in [0.25, 0.3) is 5.56 Å². The van der Waals surface area contributed by atoms with Gasteiger partial charge >= 0.3 is 0 Å². The maximum absolute atomic E-state index is 12.3. The molecule has 0 radical (unpaired) electrons. The third-order valence-electron chi connectivity index (χ3n) is 4.49. The average Bonchev–Trinajstić information content (AvgIpc) is 2.80. The van der Waals surface area contributed by atoms with Crippen LogP contribution in [0.15, 0.2) is 4.79 Å². The average molecular weight is 334 g/mol. The molecule has 2 aromatic heterocycles. The van der Waals surface area contributed by atoms with E-state index < -0.39 is 0 Å². The van der Waals surface area contributed by atoms with Crippen molar-refractivity contribution in [2.75, 3.05) is 6.61 Å². The zero-order valence-electron chi connectivity index (χ0n) is 14.8. The SMILES string of the molecule is CCC(CCO)NC(=O)CCc1c(C)c2c(C)nn(C)c2[nH]c1=O. The van der Waals surface area contributed by atoms with Crippen LogP contribution in [-0.2, 0) is 18.3 Å². The van der Waals surface area contributed by atoms with Crippen molar-refractivity contribution < 1.29 is 9.90 Å². The van der Waals surface area contributed by atoms with Crippen molar-refractivity contribution in [3.05, 3.63) is 27.2 Å². The Labute approximate surface area is 141 Å². The predicted molar refractivity (Wildman–Crippen MR) is 93.1 cm³/mol. The molecule has 0 fully saturated rings. The second-order valence-electron chi connectivity index (χ2n) is 6.18. The number of aryl methyl sites for hydroxylation is 3. The number of fused-ring (bicyclic) bond motifs is 1. The van der Waals surface area contributed by atoms with Gasteiger partial charge in [0.2, 0.25) is 5.91 Å². The molecule has 7 nitrogen and oxygen atoms in total. The standard InChI is InChI=1S/C17H26N4O3/c1-5-12(8-9-22)18-14(23)7-6-13-10(2)15-11(3)20-21(4)16(15)19-17(13)24/h12,22H,5-9H2,1-4H3,(H,18,23)(H,19,24). The van der Waals surface area contributed by atoms with E-state index >= 15 is 0 Å². The van der Waals surface area contributed by atoms with E-state index in [1.54, 1.807) is 11.7 Å². The molecule has 0 saturated heterocycles. The van der Waals surface area contributed by atoms with Crippen LogP contribution in [0.2, 0.25) is 0 Å². The van der Waals surface area contributed by atoms with Gasteiger partial charge in [0, 0.05) is 37.1 Å². The predicted octanol–water partition coefficient (Wildman–Crippen LogP) is 1.09. The summed E-state index contributed by atoms with van der Waals surface area (Å²) in [7, 11) is 1.80. The minimum atomic E-state index is -0.168. The summed E-state index contributed by atoms with van der Waals surface area (Å²) in [6.07, 6.45) is 1.94. The van der Waals surface area contributed by atoms with Crippen molar-refractivity contribution in [1.82, 2.24) is 20.1 Å². The molecule has 7 heteroatoms. The number of nitrogens with one attached hydrogen (secondary N) is 2. The highest BCUT2D eigenvalue weighted by Gasteiger charge is 2.16. The highest BCUT2D eigenvalue weighted by atomic mass is 16.3. The lowest BCUT2D eigenvalue weighted by atomic mass is 10.0. The molecule has 2 aromatic rings. The summed E-state index contributed by atoms with van der Waals surface area (Å²) in [5.74, 6) is -0.0999. The number of hydrogen-bond donors (Lipinski definition) is 3. The minimum absolute atomic E-state index is 0.0232. The second-order valence-corrected chi connectivity index (χ2v) is 6.18. The quantitative estimate of drug-likeness (QED) is 0.705. The van der Waals surface area contributed by atoms with Crippen molar-refractivity contribution in [2.45, 2.75) is 52.5 Å². The van der Waals surface area contributed by atoms with Crippen molar-refractivity contribution in [3.63, 3.8) is 0 Å². The van der Waals surface area contributed by atoms with Crippen LogP contribution < -0.4 is 10.9 Å². The van der Waals surface area contributed by atoms with Gasteiger partial charge in [-0.3, -0.25) is 14.3 Å². The molecular formula is C17H26N4O3. The van der Waals surface area contributed by atoms with Crippen LogP contribution >= 0.6 is 0 Å². The largest absolute Gasteiger partial charge is 0.396 e. The molecule has 1 amide bonds. The summed E-state index contributed by atoms with van der Waals surface area (Å²) in [6.45, 7) is 5.83. The number of aromatic nitrogens is 3. The fourth-order valence-electron chi connectivity index (χ4n) is 3.13. The van der Waals surface area contributed by atoms with E-state index in [1.165, 1.54) is 0 Å². The van der Waals surface area contributed by atoms with E-state index in [2.05, 4.69) is 15.4 Å². The van der Waals surface area contributed by atoms with Gasteiger partial charge in [-0.15, -0.1) is 0 Å². The molecule has 0 saturated carbocycles. The first-order valence-electron chi connectivity index (χ1n) is 8.34. The Hall–Kier alpha value is -2.15. The lowest BCUT2D eigenvalue weighted by molar-refractivity contribution is -0.121. The Morgan fingerprint density at radius 1 is 1.42 bits per heavy atom. The van der Waals surface area contributed by atoms with E-state index in [4.69, 9.17) is 5.11 Å². The molecule has 0 aliphatic rings. The number of H-pyrrole nitrogens is 1. The molecule has 1 atom stereocenters. The molecule has 0 aliphatic heterocycles. The molecule has 0 bridgehead atoms. The number of pyridine rings is 1. The molecular weight excluding hydrogens is 308 g/mol. The monoisotopic (exact) mass is 334 g/mol. The van der Waals surface area contributed by atoms with E-state index in [0.717, 1.165) is 23.1 Å². The van der Waals surface area contributed by atoms with Crippen molar-refractivity contribution in [1.29, 1.82) is 0 Å². The number of aliphatic hydroxyl groups excluding tert-OH is 1. The topological polar surface area (TPSA) is 100 Å². The molecule has 132 valence electrons. The molecule has 2 heterocycles. The lowest BCUT2D eigenvalue weighted by Crippen LogP contribution is -2.35. The van der Waals surface area contributed by atoms with Gasteiger partial charge < -0.3 is 15.4 Å². The fourth-order valence-corrected chi connectivity index (χ4v) is 3.13. The van der Waals surface area contributed by atoms with Gasteiger partial charge in [-0.2, -0.15) is 5.10 Å². The number of nitrogens with zero attached hydrogens (tertiary/aromatic N) is 2. The Bertz CT molecular complexity index is 791. The summed E-state index contributed by atoms with van der Waals surface area (Å²) in [4.78, 5) is 27.3. The van der Waals surface area contributed by atoms with Gasteiger partial charge in [-0.25, -0.2) is 0 Å². The summed E-state index contributed by atoms with van der Waals surface area (Å²) in [5.41, 5.74) is 2.91. The third kappa shape index (κ3) is 3.67. The van der Waals surface area contributed by atoms with Crippen molar-refractivity contribution in [2.24, 2.45) is 7.05 Å². The summed E-state index contributed by atoms with van der Waals surface area (Å²) >= 11 is 0. The van der Waals surface area contributed by atoms with Crippen LogP contribution in [0.5, 0.6) is 0 Å². The number of amides is 1. The Morgan fingerprint density at radius 2 is 2.12 bits per heavy atom. The summed E-state index contributed by atoms with van der Waals surface area (Å²) in [5, 5.41) is 17.2. The third-order valence-corrected chi connectivity index (χ3v) is 4.49. The molecule has 2 rings (SSSR count). The molecule has 24 heavy (non-hydrogen) atoms. The Morgan fingerprint density at radius 3 is 2.75 bits per heavy atom. The molecule has 0 spiro atoms. The fraction of sp³-hybridized carbons (Fsp3) is 0.588. The van der Waals surface area contributed by atoms with Crippen LogP contribution in [-0.4, -0.2) is 38.4 Å². The van der Waals surface area contributed by atoms with Crippen molar-refractivity contribution in [3.8, 4) is 0 Å². The zero-order valence-corrected chi connectivity index (χ0v) is 14.8. The van der Waals surface area contributed by atoms with E-state index in [1.807, 2.05) is 20.8 Å². The highest BCUT2D eigenvalue weighted by molar-refractivity contribution is 5.83. The van der Waals surface area contributed by atoms with Crippen LogP contribution in [0.4, 0.5) is 0 Å². The minimum Gasteiger partial charge on any atom is -0.396 e. The van der Waals surface area contributed by atoms with E-state index in [9.17, 15) is 9.59 Å². The number of aromatic amines is 1. The van der Waals surface area contributed by atoms with Gasteiger partial charge in [0.1, 0.15) is 5.65 Å². The second kappa shape index (κ2) is 7.61. The normalized spacial score (nSPS) is 12.5. The van der Waals surface area contributed by atoms with Crippen LogP contribution in [0.1, 0.15) is 43.0 Å². The summed E-state index contributed by atoms with van der Waals surface area (Å²) in [6, 6.07) is -0.0232. The number of carbonyl (C=O) groups is 1. The van der Waals surface area contributed by atoms with Gasteiger partial charge in [0.15, 0.2) is 0 Å². The maximum Gasteiger partial charge on any atom is 0.253 e. The van der Waals surface area contributed by atoms with Crippen LogP contribution in [0.3, 0.4) is 0 Å². The van der Waals surface area contributed by atoms with Gasteiger partial charge in [0.05, 0.1) is 5.69 Å². The van der Waals surface area contributed by atoms with Crippen molar-refractivity contribution >= 4 is 16.9 Å². The highest BCUT2D eigenvalue weighted by Crippen LogP contribution is 2.21. The van der Waals surface area contributed by atoms with E-state index in [-0.39, 0.29) is 30.5 Å². The number of aliphatic hydroxyl groups is 1. The Balaban J connectivity index is 2.17. The molecule has 3 N–H and O–H groups in total. The first-order chi connectivity index (χ1) is 11.4. The lowest BCUT2D eigenvalue weighted by Gasteiger charge is -2.15. The number of rotatable bonds is 7. The molecule has 0 aliphatic carbocycles. The maximum atomic E-state index is 12.3. The first-order valence-corrected chi connectivity index (χ1v) is 8.34. The Kier molecular flexibility index (Phi) is 5.77. The van der Waals surface area contributed by atoms with Gasteiger partial charge in [-0.1, -0.05) is 6.92 Å². The summed E-state index contributed by atoms with van der Waals surface area (Å²) < 4.78 is 1.66. The molecule has 0 aromatic carbocycles. The number of carbonyl (C=O) groups excluding carboxylic acids is 1. The number of hydrogen-bond acceptors (Lipinski definition) is 4. The van der Waals surface area contributed by atoms with Crippen LogP contribution in [0, 0.1) is 13.8 Å². The van der Waals surface area contributed by atoms with Crippen LogP contribution in [0.25, 0.3) is 11.0 Å².